The van der Waals surface area contributed by atoms with Gasteiger partial charge in [-0.15, -0.1) is 0 Å². The predicted octanol–water partition coefficient (Wildman–Crippen LogP) is 0.554. The lowest BCUT2D eigenvalue weighted by Crippen LogP contribution is -2.20. The lowest BCUT2D eigenvalue weighted by Gasteiger charge is -2.14. The number of hydrogen-bond acceptors (Lipinski definition) is 4. The molecule has 1 rings (SSSR count). The normalized spacial score (nSPS) is 34.2. The van der Waals surface area contributed by atoms with Crippen LogP contribution in [-0.4, -0.2) is 18.0 Å². The van der Waals surface area contributed by atoms with Gasteiger partial charge in [0.1, 0.15) is 0 Å². The van der Waals surface area contributed by atoms with Gasteiger partial charge in [-0.2, -0.15) is 10.5 Å². The average molecular weight is 152 g/mol. The van der Waals surface area contributed by atoms with E-state index in [0.717, 1.165) is 0 Å². The van der Waals surface area contributed by atoms with E-state index >= 15 is 0 Å². The SMILES string of the molecule is CC1(C)OC(C#N)C(C#N)O1. The van der Waals surface area contributed by atoms with E-state index in [9.17, 15) is 0 Å². The number of rotatable bonds is 0. The zero-order valence-corrected chi connectivity index (χ0v) is 6.37. The summed E-state index contributed by atoms with van der Waals surface area (Å²) >= 11 is 0. The Balaban J connectivity index is 2.74. The molecule has 2 unspecified atom stereocenters. The molecule has 0 radical (unpaired) electrons. The molecular weight excluding hydrogens is 144 g/mol. The standard InChI is InChI=1S/C7H8N2O2/c1-7(2)10-5(3-8)6(4-9)11-7/h5-6H,1-2H3. The summed E-state index contributed by atoms with van der Waals surface area (Å²) in [4.78, 5) is 0. The largest absolute Gasteiger partial charge is 0.328 e. The van der Waals surface area contributed by atoms with Crippen LogP contribution in [0.15, 0.2) is 0 Å². The topological polar surface area (TPSA) is 66.0 Å². The van der Waals surface area contributed by atoms with Gasteiger partial charge in [0, 0.05) is 0 Å². The van der Waals surface area contributed by atoms with Gasteiger partial charge < -0.3 is 9.47 Å². The van der Waals surface area contributed by atoms with Crippen molar-refractivity contribution >= 4 is 0 Å². The highest BCUT2D eigenvalue weighted by molar-refractivity contribution is 5.05. The Kier molecular flexibility index (Phi) is 1.82. The molecule has 0 saturated carbocycles. The fourth-order valence-electron chi connectivity index (χ4n) is 0.951. The lowest BCUT2D eigenvalue weighted by molar-refractivity contribution is -0.137. The van der Waals surface area contributed by atoms with Gasteiger partial charge in [-0.05, 0) is 13.8 Å². The minimum Gasteiger partial charge on any atom is -0.328 e. The quantitative estimate of drug-likeness (QED) is 0.508. The van der Waals surface area contributed by atoms with Gasteiger partial charge in [0.05, 0.1) is 12.1 Å². The van der Waals surface area contributed by atoms with Crippen LogP contribution in [0.2, 0.25) is 0 Å². The van der Waals surface area contributed by atoms with Crippen LogP contribution in [0, 0.1) is 22.7 Å². The van der Waals surface area contributed by atoms with Crippen molar-refractivity contribution in [3.8, 4) is 12.1 Å². The highest BCUT2D eigenvalue weighted by atomic mass is 16.7. The number of hydrogen-bond donors (Lipinski definition) is 0. The Morgan fingerprint density at radius 1 is 1.09 bits per heavy atom. The van der Waals surface area contributed by atoms with Crippen LogP contribution in [0.4, 0.5) is 0 Å². The van der Waals surface area contributed by atoms with Gasteiger partial charge in [-0.1, -0.05) is 0 Å². The summed E-state index contributed by atoms with van der Waals surface area (Å²) in [5.41, 5.74) is 0. The number of ether oxygens (including phenoxy) is 2. The molecule has 0 amide bonds. The van der Waals surface area contributed by atoms with Gasteiger partial charge >= 0.3 is 0 Å². The Morgan fingerprint density at radius 2 is 1.45 bits per heavy atom. The Bertz CT molecular complexity index is 212. The highest BCUT2D eigenvalue weighted by Gasteiger charge is 2.41. The van der Waals surface area contributed by atoms with Crippen molar-refractivity contribution in [3.05, 3.63) is 0 Å². The molecule has 1 heterocycles. The summed E-state index contributed by atoms with van der Waals surface area (Å²) in [7, 11) is 0. The molecule has 0 aromatic carbocycles. The molecule has 11 heavy (non-hydrogen) atoms. The van der Waals surface area contributed by atoms with E-state index in [1.54, 1.807) is 13.8 Å². The third kappa shape index (κ3) is 1.48. The Hall–Kier alpha value is -1.10. The zero-order valence-electron chi connectivity index (χ0n) is 6.37. The average Bonchev–Trinajstić information content (AvgIpc) is 2.25. The second-order valence-electron chi connectivity index (χ2n) is 2.73. The molecule has 1 aliphatic heterocycles. The Morgan fingerprint density at radius 3 is 1.73 bits per heavy atom. The van der Waals surface area contributed by atoms with Crippen LogP contribution in [0.25, 0.3) is 0 Å². The molecule has 0 aliphatic carbocycles. The molecule has 1 fully saturated rings. The van der Waals surface area contributed by atoms with Gasteiger partial charge in [0.15, 0.2) is 18.0 Å². The summed E-state index contributed by atoms with van der Waals surface area (Å²) in [6.45, 7) is 3.35. The molecular formula is C7H8N2O2. The first-order valence-electron chi connectivity index (χ1n) is 3.24. The summed E-state index contributed by atoms with van der Waals surface area (Å²) in [5, 5.41) is 17.0. The summed E-state index contributed by atoms with van der Waals surface area (Å²) < 4.78 is 10.2. The third-order valence-corrected chi connectivity index (χ3v) is 1.35. The van der Waals surface area contributed by atoms with Crippen LogP contribution in [0.3, 0.4) is 0 Å². The minimum atomic E-state index is -0.805. The van der Waals surface area contributed by atoms with Gasteiger partial charge in [0.25, 0.3) is 0 Å². The lowest BCUT2D eigenvalue weighted by atomic mass is 10.2. The van der Waals surface area contributed by atoms with Crippen LogP contribution in [-0.2, 0) is 9.47 Å². The van der Waals surface area contributed by atoms with Crippen molar-refractivity contribution < 1.29 is 9.47 Å². The molecule has 0 N–H and O–H groups in total. The molecule has 4 nitrogen and oxygen atoms in total. The first-order chi connectivity index (χ1) is 5.09. The van der Waals surface area contributed by atoms with Crippen molar-refractivity contribution in [1.29, 1.82) is 10.5 Å². The smallest absolute Gasteiger partial charge is 0.186 e. The van der Waals surface area contributed by atoms with E-state index < -0.39 is 18.0 Å². The first-order valence-corrected chi connectivity index (χ1v) is 3.24. The van der Waals surface area contributed by atoms with Crippen molar-refractivity contribution in [1.82, 2.24) is 0 Å². The van der Waals surface area contributed by atoms with Crippen LogP contribution in [0.1, 0.15) is 13.8 Å². The molecule has 4 heteroatoms. The van der Waals surface area contributed by atoms with Crippen LogP contribution >= 0.6 is 0 Å². The summed E-state index contributed by atoms with van der Waals surface area (Å²) in [6, 6.07) is 3.70. The van der Waals surface area contributed by atoms with Gasteiger partial charge in [-0.25, -0.2) is 0 Å². The first kappa shape index (κ1) is 8.00. The molecule has 0 bridgehead atoms. The number of nitrogens with zero attached hydrogens (tertiary/aromatic N) is 2. The predicted molar refractivity (Wildman–Crippen MR) is 35.1 cm³/mol. The molecule has 1 aliphatic rings. The van der Waals surface area contributed by atoms with E-state index in [-0.39, 0.29) is 0 Å². The summed E-state index contributed by atoms with van der Waals surface area (Å²) in [5.74, 6) is -0.805. The Labute approximate surface area is 64.9 Å². The number of nitriles is 2. The summed E-state index contributed by atoms with van der Waals surface area (Å²) in [6.07, 6.45) is -1.51. The van der Waals surface area contributed by atoms with Gasteiger partial charge in [-0.3, -0.25) is 0 Å². The molecule has 0 aromatic rings. The van der Waals surface area contributed by atoms with Crippen molar-refractivity contribution in [3.63, 3.8) is 0 Å². The minimum absolute atomic E-state index is 0.755. The van der Waals surface area contributed by atoms with E-state index in [0.29, 0.717) is 0 Å². The maximum Gasteiger partial charge on any atom is 0.186 e. The molecule has 2 atom stereocenters. The fraction of sp³-hybridized carbons (Fsp3) is 0.714. The van der Waals surface area contributed by atoms with Crippen LogP contribution in [0.5, 0.6) is 0 Å². The van der Waals surface area contributed by atoms with Crippen molar-refractivity contribution in [2.45, 2.75) is 31.8 Å². The zero-order chi connectivity index (χ0) is 8.48. The maximum absolute atomic E-state index is 8.49. The van der Waals surface area contributed by atoms with E-state index in [1.165, 1.54) is 0 Å². The fourth-order valence-corrected chi connectivity index (χ4v) is 0.951. The third-order valence-electron chi connectivity index (χ3n) is 1.35. The molecule has 0 aromatic heterocycles. The van der Waals surface area contributed by atoms with Gasteiger partial charge in [0.2, 0.25) is 0 Å². The molecule has 58 valence electrons. The van der Waals surface area contributed by atoms with E-state index in [2.05, 4.69) is 0 Å². The monoisotopic (exact) mass is 152 g/mol. The maximum atomic E-state index is 8.49. The highest BCUT2D eigenvalue weighted by Crippen LogP contribution is 2.26. The molecule has 0 spiro atoms. The van der Waals surface area contributed by atoms with E-state index in [4.69, 9.17) is 20.0 Å². The van der Waals surface area contributed by atoms with Crippen molar-refractivity contribution in [2.75, 3.05) is 0 Å². The van der Waals surface area contributed by atoms with E-state index in [1.807, 2.05) is 12.1 Å². The second kappa shape index (κ2) is 2.50. The molecule has 1 saturated heterocycles. The second-order valence-corrected chi connectivity index (χ2v) is 2.73. The van der Waals surface area contributed by atoms with Crippen molar-refractivity contribution in [2.24, 2.45) is 0 Å². The van der Waals surface area contributed by atoms with Crippen LogP contribution < -0.4 is 0 Å².